The summed E-state index contributed by atoms with van der Waals surface area (Å²) in [5, 5.41) is 21.1. The molecule has 116 valence electrons. The lowest BCUT2D eigenvalue weighted by atomic mass is 10.2. The van der Waals surface area contributed by atoms with Crippen LogP contribution in [0.25, 0.3) is 0 Å². The normalized spacial score (nSPS) is 11.5. The molecule has 0 aliphatic rings. The summed E-state index contributed by atoms with van der Waals surface area (Å²) in [5.41, 5.74) is 0. The van der Waals surface area contributed by atoms with Gasteiger partial charge < -0.3 is 25.0 Å². The van der Waals surface area contributed by atoms with E-state index in [2.05, 4.69) is 25.6 Å². The zero-order chi connectivity index (χ0) is 15.8. The van der Waals surface area contributed by atoms with E-state index in [-0.39, 0.29) is 6.54 Å². The van der Waals surface area contributed by atoms with Gasteiger partial charge in [-0.1, -0.05) is 0 Å². The summed E-state index contributed by atoms with van der Waals surface area (Å²) < 4.78 is 6.07. The maximum Gasteiger partial charge on any atom is 0.326 e. The number of hydrogen-bond donors (Lipinski definition) is 3. The van der Waals surface area contributed by atoms with Gasteiger partial charge in [0.1, 0.15) is 18.2 Å². The average Bonchev–Trinajstić information content (AvgIpc) is 2.83. The lowest BCUT2D eigenvalue weighted by Crippen LogP contribution is -2.47. The number of aliphatic carboxylic acids is 1. The second-order valence-corrected chi connectivity index (χ2v) is 4.18. The van der Waals surface area contributed by atoms with E-state index in [4.69, 9.17) is 5.11 Å². The Morgan fingerprint density at radius 3 is 2.71 bits per heavy atom. The number of rotatable bonds is 7. The summed E-state index contributed by atoms with van der Waals surface area (Å²) in [6.45, 7) is 0.253. The number of carboxylic acid groups (broad SMARTS) is 1. The van der Waals surface area contributed by atoms with Crippen LogP contribution in [-0.4, -0.2) is 57.5 Å². The Bertz CT molecular complexity index is 515. The third-order valence-electron chi connectivity index (χ3n) is 2.64. The molecule has 0 radical (unpaired) electrons. The van der Waals surface area contributed by atoms with Crippen molar-refractivity contribution in [1.82, 2.24) is 25.4 Å². The smallest absolute Gasteiger partial charge is 0.326 e. The quantitative estimate of drug-likeness (QED) is 0.531. The SMILES string of the molecule is COC(=O)C[C@H](NC(=O)NCCc1nncn1C)C(=O)O. The zero-order valence-corrected chi connectivity index (χ0v) is 11.7. The van der Waals surface area contributed by atoms with Crippen molar-refractivity contribution in [2.24, 2.45) is 7.05 Å². The molecule has 10 heteroatoms. The van der Waals surface area contributed by atoms with Crippen molar-refractivity contribution in [2.75, 3.05) is 13.7 Å². The Morgan fingerprint density at radius 1 is 1.48 bits per heavy atom. The monoisotopic (exact) mass is 299 g/mol. The molecule has 3 N–H and O–H groups in total. The number of carboxylic acids is 1. The van der Waals surface area contributed by atoms with Gasteiger partial charge in [0.2, 0.25) is 0 Å². The Hall–Kier alpha value is -2.65. The van der Waals surface area contributed by atoms with Crippen LogP contribution in [0.1, 0.15) is 12.2 Å². The van der Waals surface area contributed by atoms with E-state index in [0.717, 1.165) is 7.11 Å². The molecule has 0 bridgehead atoms. The Labute approximate surface area is 120 Å². The number of esters is 1. The number of carbonyl (C=O) groups excluding carboxylic acids is 2. The molecule has 0 aliphatic heterocycles. The molecular weight excluding hydrogens is 282 g/mol. The molecule has 0 spiro atoms. The molecule has 10 nitrogen and oxygen atoms in total. The van der Waals surface area contributed by atoms with Gasteiger partial charge in [-0.25, -0.2) is 9.59 Å². The number of amides is 2. The average molecular weight is 299 g/mol. The van der Waals surface area contributed by atoms with Crippen LogP contribution in [-0.2, 0) is 27.8 Å². The van der Waals surface area contributed by atoms with Crippen LogP contribution in [0.5, 0.6) is 0 Å². The summed E-state index contributed by atoms with van der Waals surface area (Å²) in [4.78, 5) is 33.5. The van der Waals surface area contributed by atoms with Crippen molar-refractivity contribution >= 4 is 18.0 Å². The number of carbonyl (C=O) groups is 3. The summed E-state index contributed by atoms with van der Waals surface area (Å²) in [6, 6.07) is -2.03. The van der Waals surface area contributed by atoms with E-state index in [9.17, 15) is 14.4 Å². The maximum atomic E-state index is 11.6. The van der Waals surface area contributed by atoms with Gasteiger partial charge >= 0.3 is 18.0 Å². The molecule has 0 fully saturated rings. The summed E-state index contributed by atoms with van der Waals surface area (Å²) >= 11 is 0. The molecular formula is C11H17N5O5. The van der Waals surface area contributed by atoms with Gasteiger partial charge in [-0.3, -0.25) is 4.79 Å². The number of hydrogen-bond acceptors (Lipinski definition) is 6. The molecule has 1 rings (SSSR count). The third kappa shape index (κ3) is 5.47. The molecule has 0 saturated carbocycles. The lowest BCUT2D eigenvalue weighted by Gasteiger charge is -2.13. The maximum absolute atomic E-state index is 11.6. The van der Waals surface area contributed by atoms with Crippen molar-refractivity contribution < 1.29 is 24.2 Å². The van der Waals surface area contributed by atoms with Gasteiger partial charge in [0.05, 0.1) is 13.5 Å². The van der Waals surface area contributed by atoms with Crippen LogP contribution in [0.2, 0.25) is 0 Å². The van der Waals surface area contributed by atoms with Gasteiger partial charge in [-0.2, -0.15) is 0 Å². The van der Waals surface area contributed by atoms with Crippen molar-refractivity contribution in [3.05, 3.63) is 12.2 Å². The fraction of sp³-hybridized carbons (Fsp3) is 0.545. The van der Waals surface area contributed by atoms with E-state index in [1.54, 1.807) is 11.6 Å². The van der Waals surface area contributed by atoms with Crippen molar-refractivity contribution in [3.63, 3.8) is 0 Å². The van der Waals surface area contributed by atoms with E-state index in [1.807, 2.05) is 0 Å². The van der Waals surface area contributed by atoms with E-state index < -0.39 is 30.4 Å². The summed E-state index contributed by atoms with van der Waals surface area (Å²) in [7, 11) is 2.91. The van der Waals surface area contributed by atoms with Gasteiger partial charge in [-0.05, 0) is 0 Å². The van der Waals surface area contributed by atoms with Crippen molar-refractivity contribution in [2.45, 2.75) is 18.9 Å². The second kappa shape index (κ2) is 7.82. The van der Waals surface area contributed by atoms with E-state index >= 15 is 0 Å². The minimum atomic E-state index is -1.34. The molecule has 0 saturated heterocycles. The number of nitrogens with zero attached hydrogens (tertiary/aromatic N) is 3. The van der Waals surface area contributed by atoms with Crippen LogP contribution in [0.4, 0.5) is 4.79 Å². The Kier molecular flexibility index (Phi) is 6.11. The van der Waals surface area contributed by atoms with Crippen molar-refractivity contribution in [3.8, 4) is 0 Å². The summed E-state index contributed by atoms with van der Waals surface area (Å²) in [5.74, 6) is -1.36. The molecule has 2 amide bonds. The number of aryl methyl sites for hydroxylation is 1. The number of methoxy groups -OCH3 is 1. The fourth-order valence-corrected chi connectivity index (χ4v) is 1.48. The molecule has 0 aliphatic carbocycles. The predicted octanol–water partition coefficient (Wildman–Crippen LogP) is -1.33. The van der Waals surface area contributed by atoms with Gasteiger partial charge in [0.15, 0.2) is 0 Å². The molecule has 1 atom stereocenters. The first-order valence-electron chi connectivity index (χ1n) is 6.11. The molecule has 1 aromatic heterocycles. The largest absolute Gasteiger partial charge is 0.480 e. The Balaban J connectivity index is 2.38. The highest BCUT2D eigenvalue weighted by atomic mass is 16.5. The first kappa shape index (κ1) is 16.4. The Morgan fingerprint density at radius 2 is 2.19 bits per heavy atom. The van der Waals surface area contributed by atoms with Gasteiger partial charge in [-0.15, -0.1) is 10.2 Å². The molecule has 0 unspecified atom stereocenters. The molecule has 21 heavy (non-hydrogen) atoms. The second-order valence-electron chi connectivity index (χ2n) is 4.18. The standard InChI is InChI=1S/C11H17N5O5/c1-16-6-13-15-8(16)3-4-12-11(20)14-7(10(18)19)5-9(17)21-2/h6-7H,3-5H2,1-2H3,(H,18,19)(H2,12,14,20)/t7-/m0/s1. The van der Waals surface area contributed by atoms with E-state index in [0.29, 0.717) is 12.2 Å². The van der Waals surface area contributed by atoms with Crippen LogP contribution in [0.3, 0.4) is 0 Å². The highest BCUT2D eigenvalue weighted by molar-refractivity contribution is 5.86. The number of ether oxygens (including phenoxy) is 1. The van der Waals surface area contributed by atoms with Crippen LogP contribution in [0, 0.1) is 0 Å². The minimum absolute atomic E-state index is 0.253. The third-order valence-corrected chi connectivity index (χ3v) is 2.64. The number of aromatic nitrogens is 3. The summed E-state index contributed by atoms with van der Waals surface area (Å²) in [6.07, 6.45) is 1.54. The first-order valence-corrected chi connectivity index (χ1v) is 6.11. The number of nitrogens with one attached hydrogen (secondary N) is 2. The highest BCUT2D eigenvalue weighted by Gasteiger charge is 2.23. The molecule has 0 aromatic carbocycles. The first-order chi connectivity index (χ1) is 9.93. The van der Waals surface area contributed by atoms with Crippen LogP contribution < -0.4 is 10.6 Å². The lowest BCUT2D eigenvalue weighted by molar-refractivity contribution is -0.147. The van der Waals surface area contributed by atoms with Gasteiger partial charge in [0, 0.05) is 20.0 Å². The van der Waals surface area contributed by atoms with Crippen LogP contribution >= 0.6 is 0 Å². The van der Waals surface area contributed by atoms with Crippen LogP contribution in [0.15, 0.2) is 6.33 Å². The topological polar surface area (TPSA) is 135 Å². The van der Waals surface area contributed by atoms with Gasteiger partial charge in [0.25, 0.3) is 0 Å². The van der Waals surface area contributed by atoms with Crippen molar-refractivity contribution in [1.29, 1.82) is 0 Å². The molecule has 1 heterocycles. The minimum Gasteiger partial charge on any atom is -0.480 e. The van der Waals surface area contributed by atoms with E-state index in [1.165, 1.54) is 6.33 Å². The molecule has 1 aromatic rings. The predicted molar refractivity (Wildman–Crippen MR) is 69.3 cm³/mol. The highest BCUT2D eigenvalue weighted by Crippen LogP contribution is 1.95. The zero-order valence-electron chi connectivity index (χ0n) is 11.7. The number of urea groups is 1. The fourth-order valence-electron chi connectivity index (χ4n) is 1.48.